The van der Waals surface area contributed by atoms with E-state index in [0.29, 0.717) is 17.6 Å². The Labute approximate surface area is 253 Å². The molecule has 0 aromatic rings. The maximum absolute atomic E-state index is 12.0. The third-order valence-corrected chi connectivity index (χ3v) is 8.18. The molecular formula is C32H66NO7P. The molecule has 9 heteroatoms. The average Bonchev–Trinajstić information content (AvgIpc) is 2.91. The van der Waals surface area contributed by atoms with E-state index >= 15 is 0 Å². The first-order valence-corrected chi connectivity index (χ1v) is 18.2. The number of quaternary nitrogens is 1. The normalized spacial score (nSPS) is 14.2. The molecule has 246 valence electrons. The third kappa shape index (κ3) is 30.8. The lowest BCUT2D eigenvalue weighted by atomic mass is 10.0. The zero-order valence-electron chi connectivity index (χ0n) is 27.5. The summed E-state index contributed by atoms with van der Waals surface area (Å²) in [6.07, 6.45) is 24.8. The van der Waals surface area contributed by atoms with E-state index in [1.807, 2.05) is 21.1 Å². The highest BCUT2D eigenvalue weighted by atomic mass is 31.2. The molecule has 0 spiro atoms. The van der Waals surface area contributed by atoms with Crippen molar-refractivity contribution in [2.75, 3.05) is 54.1 Å². The quantitative estimate of drug-likeness (QED) is 0.0341. The summed E-state index contributed by atoms with van der Waals surface area (Å²) < 4.78 is 33.5. The van der Waals surface area contributed by atoms with Gasteiger partial charge in [0.25, 0.3) is 7.82 Å². The number of hydrogen-bond acceptors (Lipinski definition) is 7. The van der Waals surface area contributed by atoms with Gasteiger partial charge < -0.3 is 27.9 Å². The molecule has 0 rings (SSSR count). The van der Waals surface area contributed by atoms with Crippen LogP contribution in [-0.2, 0) is 27.9 Å². The topological polar surface area (TPSA) is 94.1 Å². The molecule has 0 radical (unpaired) electrons. The summed E-state index contributed by atoms with van der Waals surface area (Å²) in [6, 6.07) is 0. The number of rotatable bonds is 31. The molecular weight excluding hydrogens is 541 g/mol. The minimum Gasteiger partial charge on any atom is -0.756 e. The van der Waals surface area contributed by atoms with Crippen molar-refractivity contribution in [1.82, 2.24) is 0 Å². The van der Waals surface area contributed by atoms with Gasteiger partial charge in [0.2, 0.25) is 0 Å². The molecule has 0 fully saturated rings. The fourth-order valence-electron chi connectivity index (χ4n) is 4.52. The fourth-order valence-corrected chi connectivity index (χ4v) is 5.25. The number of ether oxygens (including phenoxy) is 2. The number of carbonyl (C=O) groups excluding carboxylic acids is 1. The van der Waals surface area contributed by atoms with Crippen LogP contribution in [0.15, 0.2) is 0 Å². The van der Waals surface area contributed by atoms with Crippen LogP contribution in [0.25, 0.3) is 0 Å². The van der Waals surface area contributed by atoms with E-state index in [1.165, 1.54) is 109 Å². The van der Waals surface area contributed by atoms with Gasteiger partial charge in [-0.05, 0) is 6.42 Å². The van der Waals surface area contributed by atoms with Crippen LogP contribution >= 0.6 is 7.82 Å². The number of phosphoric acid groups is 1. The summed E-state index contributed by atoms with van der Waals surface area (Å²) in [6.45, 7) is 4.85. The van der Waals surface area contributed by atoms with Crippen LogP contribution in [-0.4, -0.2) is 70.7 Å². The molecule has 0 aliphatic rings. The number of nitrogens with zero attached hydrogens (tertiary/aromatic N) is 1. The Bertz CT molecular complexity index is 642. The first-order valence-electron chi connectivity index (χ1n) is 16.8. The second kappa shape index (κ2) is 27.1. The molecule has 41 heavy (non-hydrogen) atoms. The highest BCUT2D eigenvalue weighted by Crippen LogP contribution is 2.38. The number of carbonyl (C=O) groups is 1. The molecule has 0 aromatic heterocycles. The molecule has 0 aliphatic carbocycles. The summed E-state index contributed by atoms with van der Waals surface area (Å²) in [4.78, 5) is 23.8. The van der Waals surface area contributed by atoms with Crippen molar-refractivity contribution in [3.8, 4) is 0 Å². The number of likely N-dealkylation sites (N-methyl/N-ethyl adjacent to an activating group) is 1. The standard InChI is InChI=1S/C32H66NO7P/c1-6-8-9-10-11-12-13-14-15-16-17-18-19-20-21-22-23-24-25-27-37-29-31(40-32(34)7-2)30-39-41(35,36)38-28-26-33(3,4)5/h31H,6-30H2,1-5H3. The van der Waals surface area contributed by atoms with Crippen LogP contribution < -0.4 is 4.89 Å². The van der Waals surface area contributed by atoms with E-state index in [4.69, 9.17) is 18.5 Å². The predicted molar refractivity (Wildman–Crippen MR) is 167 cm³/mol. The number of phosphoric ester groups is 1. The lowest BCUT2D eigenvalue weighted by Crippen LogP contribution is -2.37. The Morgan fingerprint density at radius 2 is 1.10 bits per heavy atom. The van der Waals surface area contributed by atoms with Crippen LogP contribution in [0.3, 0.4) is 0 Å². The smallest absolute Gasteiger partial charge is 0.305 e. The Morgan fingerprint density at radius 3 is 1.51 bits per heavy atom. The summed E-state index contributed by atoms with van der Waals surface area (Å²) in [7, 11) is 1.36. The SMILES string of the molecule is CCCCCCCCCCCCCCCCCCCCCOCC(COP(=O)([O-])OCC[N+](C)(C)C)OC(=O)CC. The van der Waals surface area contributed by atoms with Gasteiger partial charge in [0.1, 0.15) is 19.3 Å². The van der Waals surface area contributed by atoms with Gasteiger partial charge >= 0.3 is 5.97 Å². The Balaban J connectivity index is 3.71. The van der Waals surface area contributed by atoms with Gasteiger partial charge in [-0.1, -0.05) is 129 Å². The van der Waals surface area contributed by atoms with Gasteiger partial charge in [0.15, 0.2) is 0 Å². The highest BCUT2D eigenvalue weighted by Gasteiger charge is 2.19. The van der Waals surface area contributed by atoms with Crippen molar-refractivity contribution in [3.63, 3.8) is 0 Å². The fraction of sp³-hybridized carbons (Fsp3) is 0.969. The average molecular weight is 608 g/mol. The first-order chi connectivity index (χ1) is 19.6. The van der Waals surface area contributed by atoms with Crippen molar-refractivity contribution in [3.05, 3.63) is 0 Å². The van der Waals surface area contributed by atoms with Gasteiger partial charge in [0, 0.05) is 13.0 Å². The zero-order chi connectivity index (χ0) is 30.7. The minimum absolute atomic E-state index is 0.0274. The molecule has 8 nitrogen and oxygen atoms in total. The molecule has 0 saturated heterocycles. The second-order valence-corrected chi connectivity index (χ2v) is 13.9. The van der Waals surface area contributed by atoms with Crippen molar-refractivity contribution in [2.24, 2.45) is 0 Å². The predicted octanol–water partition coefficient (Wildman–Crippen LogP) is 7.96. The van der Waals surface area contributed by atoms with Gasteiger partial charge in [0.05, 0.1) is 34.4 Å². The highest BCUT2D eigenvalue weighted by molar-refractivity contribution is 7.45. The maximum Gasteiger partial charge on any atom is 0.305 e. The van der Waals surface area contributed by atoms with E-state index in [2.05, 4.69) is 6.92 Å². The molecule has 0 aliphatic heterocycles. The lowest BCUT2D eigenvalue weighted by Gasteiger charge is -2.28. The van der Waals surface area contributed by atoms with Gasteiger partial charge in [-0.3, -0.25) is 9.36 Å². The molecule has 0 N–H and O–H groups in total. The Morgan fingerprint density at radius 1 is 0.659 bits per heavy atom. The molecule has 0 amide bonds. The summed E-state index contributed by atoms with van der Waals surface area (Å²) in [5.74, 6) is -0.419. The van der Waals surface area contributed by atoms with Crippen LogP contribution in [0.4, 0.5) is 0 Å². The molecule has 0 bridgehead atoms. The van der Waals surface area contributed by atoms with Crippen LogP contribution in [0.5, 0.6) is 0 Å². The lowest BCUT2D eigenvalue weighted by molar-refractivity contribution is -0.870. The van der Waals surface area contributed by atoms with Gasteiger partial charge in [-0.2, -0.15) is 0 Å². The number of hydrogen-bond donors (Lipinski definition) is 0. The van der Waals surface area contributed by atoms with Crippen molar-refractivity contribution in [1.29, 1.82) is 0 Å². The summed E-state index contributed by atoms with van der Waals surface area (Å²) >= 11 is 0. The third-order valence-electron chi connectivity index (χ3n) is 7.21. The number of unbranched alkanes of at least 4 members (excludes halogenated alkanes) is 18. The monoisotopic (exact) mass is 607 g/mol. The molecule has 0 aromatic carbocycles. The first kappa shape index (κ1) is 40.5. The van der Waals surface area contributed by atoms with E-state index in [0.717, 1.165) is 12.8 Å². The molecule has 0 heterocycles. The largest absolute Gasteiger partial charge is 0.756 e. The zero-order valence-corrected chi connectivity index (χ0v) is 28.4. The van der Waals surface area contributed by atoms with Crippen LogP contribution in [0.1, 0.15) is 142 Å². The minimum atomic E-state index is -4.47. The second-order valence-electron chi connectivity index (χ2n) is 12.5. The molecule has 0 saturated carbocycles. The summed E-state index contributed by atoms with van der Waals surface area (Å²) in [5.41, 5.74) is 0. The Hall–Kier alpha value is -0.500. The summed E-state index contributed by atoms with van der Waals surface area (Å²) in [5, 5.41) is 0. The van der Waals surface area contributed by atoms with Gasteiger partial charge in [-0.25, -0.2) is 0 Å². The van der Waals surface area contributed by atoms with Crippen molar-refractivity contribution >= 4 is 13.8 Å². The van der Waals surface area contributed by atoms with Crippen LogP contribution in [0.2, 0.25) is 0 Å². The van der Waals surface area contributed by atoms with E-state index < -0.39 is 19.9 Å². The van der Waals surface area contributed by atoms with Crippen molar-refractivity contribution < 1.29 is 37.3 Å². The van der Waals surface area contributed by atoms with Crippen molar-refractivity contribution in [2.45, 2.75) is 148 Å². The Kier molecular flexibility index (Phi) is 26.7. The van der Waals surface area contributed by atoms with E-state index in [1.54, 1.807) is 6.92 Å². The maximum atomic E-state index is 12.0. The molecule has 2 atom stereocenters. The van der Waals surface area contributed by atoms with E-state index in [9.17, 15) is 14.3 Å². The van der Waals surface area contributed by atoms with E-state index in [-0.39, 0.29) is 26.2 Å². The van der Waals surface area contributed by atoms with Crippen LogP contribution in [0, 0.1) is 0 Å². The number of esters is 1. The van der Waals surface area contributed by atoms with Gasteiger partial charge in [-0.15, -0.1) is 0 Å². The molecule has 2 unspecified atom stereocenters.